The zero-order chi connectivity index (χ0) is 13.4. The van der Waals surface area contributed by atoms with E-state index in [-0.39, 0.29) is 18.0 Å². The number of aromatic nitrogens is 2. The summed E-state index contributed by atoms with van der Waals surface area (Å²) in [6.45, 7) is 0.786. The topological polar surface area (TPSA) is 84.3 Å². The molecule has 2 amide bonds. The van der Waals surface area contributed by atoms with E-state index in [1.807, 2.05) is 0 Å². The van der Waals surface area contributed by atoms with Crippen molar-refractivity contribution in [1.82, 2.24) is 19.2 Å². The van der Waals surface area contributed by atoms with Gasteiger partial charge in [-0.2, -0.15) is 3.96 Å². The van der Waals surface area contributed by atoms with Crippen molar-refractivity contribution in [3.05, 3.63) is 28.7 Å². The van der Waals surface area contributed by atoms with Gasteiger partial charge in [0, 0.05) is 19.3 Å². The molecule has 0 bridgehead atoms. The fourth-order valence-electron chi connectivity index (χ4n) is 1.92. The van der Waals surface area contributed by atoms with Gasteiger partial charge < -0.3 is 10.2 Å². The molecule has 3 heterocycles. The molecule has 2 aromatic heterocycles. The van der Waals surface area contributed by atoms with Gasteiger partial charge in [-0.25, -0.2) is 9.78 Å². The summed E-state index contributed by atoms with van der Waals surface area (Å²) >= 11 is 0.997. The molecule has 1 saturated heterocycles. The number of fused-ring (bicyclic) bond motifs is 1. The zero-order valence-electron chi connectivity index (χ0n) is 9.83. The van der Waals surface area contributed by atoms with Gasteiger partial charge in [0.2, 0.25) is 5.91 Å². The predicted octanol–water partition coefficient (Wildman–Crippen LogP) is -0.142. The van der Waals surface area contributed by atoms with Gasteiger partial charge in [0.05, 0.1) is 5.39 Å². The maximum Gasteiger partial charge on any atom is 0.341 e. The highest BCUT2D eigenvalue weighted by Crippen LogP contribution is 2.13. The van der Waals surface area contributed by atoms with E-state index >= 15 is 0 Å². The number of piperazine rings is 1. The smallest absolute Gasteiger partial charge is 0.341 e. The summed E-state index contributed by atoms with van der Waals surface area (Å²) < 4.78 is 1.05. The fraction of sp³-hybridized carbons (Fsp3) is 0.273. The molecular weight excluding hydrogens is 268 g/mol. The average molecular weight is 278 g/mol. The number of nitrogens with one attached hydrogen (secondary N) is 1. The van der Waals surface area contributed by atoms with Crippen LogP contribution in [0.2, 0.25) is 0 Å². The van der Waals surface area contributed by atoms with Crippen LogP contribution in [0.5, 0.6) is 0 Å². The van der Waals surface area contributed by atoms with E-state index in [4.69, 9.17) is 0 Å². The highest BCUT2D eigenvalue weighted by atomic mass is 32.1. The summed E-state index contributed by atoms with van der Waals surface area (Å²) in [5.74, 6) is -0.216. The molecule has 7 nitrogen and oxygen atoms in total. The number of hydrogen-bond donors (Lipinski definition) is 1. The summed E-state index contributed by atoms with van der Waals surface area (Å²) in [5.41, 5.74) is -0.385. The lowest BCUT2D eigenvalue weighted by Crippen LogP contribution is -2.51. The highest BCUT2D eigenvalue weighted by molar-refractivity contribution is 7.14. The maximum absolute atomic E-state index is 12.2. The summed E-state index contributed by atoms with van der Waals surface area (Å²) in [4.78, 5) is 41.5. The number of amides is 2. The van der Waals surface area contributed by atoms with Gasteiger partial charge in [-0.1, -0.05) is 0 Å². The number of pyridine rings is 1. The Morgan fingerprint density at radius 1 is 1.42 bits per heavy atom. The Labute approximate surface area is 111 Å². The van der Waals surface area contributed by atoms with Crippen molar-refractivity contribution in [2.75, 3.05) is 19.6 Å². The van der Waals surface area contributed by atoms with Gasteiger partial charge in [-0.3, -0.25) is 9.59 Å². The van der Waals surface area contributed by atoms with Gasteiger partial charge >= 0.3 is 6.03 Å². The van der Waals surface area contributed by atoms with Gasteiger partial charge in [-0.05, 0) is 23.7 Å². The van der Waals surface area contributed by atoms with Gasteiger partial charge in [0.1, 0.15) is 11.4 Å². The lowest BCUT2D eigenvalue weighted by atomic mass is 10.3. The van der Waals surface area contributed by atoms with Crippen LogP contribution in [0.1, 0.15) is 0 Å². The Balaban J connectivity index is 2.00. The Kier molecular flexibility index (Phi) is 2.79. The average Bonchev–Trinajstić information content (AvgIpc) is 2.76. The molecule has 0 radical (unpaired) electrons. The predicted molar refractivity (Wildman–Crippen MR) is 69.3 cm³/mol. The van der Waals surface area contributed by atoms with Gasteiger partial charge in [0.25, 0.3) is 5.56 Å². The number of carbonyl (C=O) groups is 2. The minimum absolute atomic E-state index is 0.0209. The van der Waals surface area contributed by atoms with E-state index < -0.39 is 6.03 Å². The monoisotopic (exact) mass is 278 g/mol. The van der Waals surface area contributed by atoms with E-state index in [0.717, 1.165) is 15.5 Å². The Morgan fingerprint density at radius 2 is 2.26 bits per heavy atom. The molecule has 3 rings (SSSR count). The molecule has 8 heteroatoms. The quantitative estimate of drug-likeness (QED) is 0.727. The third kappa shape index (κ3) is 1.99. The Hall–Kier alpha value is -2.22. The zero-order valence-corrected chi connectivity index (χ0v) is 10.6. The maximum atomic E-state index is 12.2. The van der Waals surface area contributed by atoms with Crippen LogP contribution in [0.3, 0.4) is 0 Å². The van der Waals surface area contributed by atoms with Crippen LogP contribution in [-0.2, 0) is 4.79 Å². The number of carbonyl (C=O) groups excluding carboxylic acids is 2. The first kappa shape index (κ1) is 11.8. The molecule has 0 atom stereocenters. The van der Waals surface area contributed by atoms with Crippen molar-refractivity contribution in [3.8, 4) is 0 Å². The molecule has 19 heavy (non-hydrogen) atoms. The van der Waals surface area contributed by atoms with Crippen LogP contribution >= 0.6 is 11.5 Å². The lowest BCUT2D eigenvalue weighted by molar-refractivity contribution is -0.123. The van der Waals surface area contributed by atoms with Crippen molar-refractivity contribution >= 4 is 33.7 Å². The summed E-state index contributed by atoms with van der Waals surface area (Å²) in [7, 11) is 0. The van der Waals surface area contributed by atoms with E-state index in [2.05, 4.69) is 10.3 Å². The van der Waals surface area contributed by atoms with Crippen LogP contribution < -0.4 is 10.9 Å². The number of hydrogen-bond acceptors (Lipinski definition) is 5. The first-order valence-electron chi connectivity index (χ1n) is 5.70. The molecule has 0 aliphatic carbocycles. The van der Waals surface area contributed by atoms with Gasteiger partial charge in [0.15, 0.2) is 0 Å². The molecule has 0 spiro atoms. The molecule has 2 aromatic rings. The number of nitrogens with zero attached hydrogens (tertiary/aromatic N) is 3. The summed E-state index contributed by atoms with van der Waals surface area (Å²) in [6.07, 6.45) is 1.57. The summed E-state index contributed by atoms with van der Waals surface area (Å²) in [5, 5.41) is 3.05. The second-order valence-electron chi connectivity index (χ2n) is 4.10. The van der Waals surface area contributed by atoms with Crippen molar-refractivity contribution in [3.63, 3.8) is 0 Å². The molecule has 1 aliphatic heterocycles. The van der Waals surface area contributed by atoms with E-state index in [1.54, 1.807) is 18.3 Å². The Morgan fingerprint density at radius 3 is 3.00 bits per heavy atom. The van der Waals surface area contributed by atoms with Crippen LogP contribution in [0.15, 0.2) is 23.1 Å². The summed E-state index contributed by atoms with van der Waals surface area (Å²) in [6, 6.07) is 2.82. The van der Waals surface area contributed by atoms with Crippen LogP contribution in [0.25, 0.3) is 10.2 Å². The minimum Gasteiger partial charge on any atom is -0.353 e. The SMILES string of the molecule is O=C1CN(C(=O)n2sc3ncccc3c2=O)CCN1. The second-order valence-corrected chi connectivity index (χ2v) is 5.04. The van der Waals surface area contributed by atoms with Crippen molar-refractivity contribution in [2.45, 2.75) is 0 Å². The molecule has 98 valence electrons. The molecule has 0 aromatic carbocycles. The molecule has 1 N–H and O–H groups in total. The van der Waals surface area contributed by atoms with Crippen molar-refractivity contribution in [1.29, 1.82) is 0 Å². The normalized spacial score (nSPS) is 15.6. The molecule has 0 saturated carbocycles. The largest absolute Gasteiger partial charge is 0.353 e. The van der Waals surface area contributed by atoms with Gasteiger partial charge in [-0.15, -0.1) is 0 Å². The van der Waals surface area contributed by atoms with Crippen molar-refractivity contribution in [2.24, 2.45) is 0 Å². The minimum atomic E-state index is -0.470. The van der Waals surface area contributed by atoms with E-state index in [9.17, 15) is 14.4 Å². The Bertz CT molecular complexity index is 720. The third-order valence-electron chi connectivity index (χ3n) is 2.85. The third-order valence-corrected chi connectivity index (χ3v) is 3.85. The molecule has 1 aliphatic rings. The molecular formula is C11H10N4O3S. The second kappa shape index (κ2) is 4.47. The lowest BCUT2D eigenvalue weighted by Gasteiger charge is -2.25. The van der Waals surface area contributed by atoms with E-state index in [0.29, 0.717) is 23.3 Å². The molecule has 0 unspecified atom stereocenters. The molecule has 1 fully saturated rings. The first-order valence-corrected chi connectivity index (χ1v) is 6.47. The van der Waals surface area contributed by atoms with Crippen LogP contribution in [0.4, 0.5) is 4.79 Å². The van der Waals surface area contributed by atoms with Crippen LogP contribution in [0, 0.1) is 0 Å². The fourth-order valence-corrected chi connectivity index (χ4v) is 2.83. The van der Waals surface area contributed by atoms with Crippen molar-refractivity contribution < 1.29 is 9.59 Å². The highest BCUT2D eigenvalue weighted by Gasteiger charge is 2.25. The standard InChI is InChI=1S/C11H10N4O3S/c16-8-6-14(5-4-12-8)11(18)15-10(17)7-2-1-3-13-9(7)19-15/h1-3H,4-6H2,(H,12,16). The number of rotatable bonds is 0. The first-order chi connectivity index (χ1) is 9.16. The van der Waals surface area contributed by atoms with E-state index in [1.165, 1.54) is 4.90 Å². The van der Waals surface area contributed by atoms with Crippen LogP contribution in [-0.4, -0.2) is 45.4 Å².